The average Bonchev–Trinajstić information content (AvgIpc) is 2.72. The molecule has 154 valence electrons. The molecule has 0 bridgehead atoms. The summed E-state index contributed by atoms with van der Waals surface area (Å²) in [4.78, 5) is 25.8. The molecule has 29 heavy (non-hydrogen) atoms. The third-order valence-electron chi connectivity index (χ3n) is 5.52. The first-order valence-corrected chi connectivity index (χ1v) is 10.3. The summed E-state index contributed by atoms with van der Waals surface area (Å²) >= 11 is 0. The summed E-state index contributed by atoms with van der Waals surface area (Å²) in [5.41, 5.74) is 2.44. The van der Waals surface area contributed by atoms with Gasteiger partial charge in [-0.25, -0.2) is 4.79 Å². The summed E-state index contributed by atoms with van der Waals surface area (Å²) in [6.07, 6.45) is 3.80. The first-order chi connectivity index (χ1) is 14.0. The highest BCUT2D eigenvalue weighted by Gasteiger charge is 2.23. The molecule has 0 saturated carbocycles. The average molecular weight is 395 g/mol. The number of ether oxygens (including phenoxy) is 1. The highest BCUT2D eigenvalue weighted by molar-refractivity contribution is 5.89. The first-order valence-electron chi connectivity index (χ1n) is 10.3. The molecule has 3 rings (SSSR count). The highest BCUT2D eigenvalue weighted by atomic mass is 16.5. The molecule has 1 aliphatic heterocycles. The number of carbonyl (C=O) groups is 2. The molecular weight excluding hydrogens is 366 g/mol. The smallest absolute Gasteiger partial charge is 0.335 e. The van der Waals surface area contributed by atoms with Crippen LogP contribution in [0.1, 0.15) is 47.2 Å². The maximum Gasteiger partial charge on any atom is 0.335 e. The minimum Gasteiger partial charge on any atom is -0.494 e. The number of carboxylic acid groups (broad SMARTS) is 1. The number of hydrogen-bond donors (Lipinski definition) is 1. The largest absolute Gasteiger partial charge is 0.494 e. The van der Waals surface area contributed by atoms with Crippen molar-refractivity contribution in [2.75, 3.05) is 19.7 Å². The summed E-state index contributed by atoms with van der Waals surface area (Å²) in [7, 11) is 0. The Hall–Kier alpha value is -2.82. The number of nitrogens with zero attached hydrogens (tertiary/aromatic N) is 1. The standard InChI is InChI=1S/C24H29NO4/c1-18-6-4-8-21(16-18)29-15-5-10-23(26)25-13-11-19(12-14-25)17-20-7-2-3-9-22(20)24(27)28/h2-4,6-9,16,19H,5,10-15,17H2,1H3,(H,27,28). The number of carbonyl (C=O) groups excluding carboxylic acids is 1. The lowest BCUT2D eigenvalue weighted by atomic mass is 9.88. The van der Waals surface area contributed by atoms with Gasteiger partial charge in [-0.3, -0.25) is 4.79 Å². The molecule has 2 aromatic carbocycles. The Labute approximate surface area is 172 Å². The Morgan fingerprint density at radius 2 is 1.86 bits per heavy atom. The Balaban J connectivity index is 1.39. The lowest BCUT2D eigenvalue weighted by molar-refractivity contribution is -0.132. The molecule has 0 radical (unpaired) electrons. The van der Waals surface area contributed by atoms with Gasteiger partial charge in [0.25, 0.3) is 0 Å². The van der Waals surface area contributed by atoms with Crippen molar-refractivity contribution < 1.29 is 19.4 Å². The zero-order valence-electron chi connectivity index (χ0n) is 17.0. The normalized spacial score (nSPS) is 14.6. The molecule has 0 atom stereocenters. The van der Waals surface area contributed by atoms with Gasteiger partial charge in [0.05, 0.1) is 12.2 Å². The van der Waals surface area contributed by atoms with E-state index in [0.717, 1.165) is 49.2 Å². The molecule has 1 aliphatic rings. The van der Waals surface area contributed by atoms with E-state index in [4.69, 9.17) is 4.74 Å². The molecule has 0 spiro atoms. The van der Waals surface area contributed by atoms with Crippen LogP contribution in [-0.2, 0) is 11.2 Å². The predicted octanol–water partition coefficient (Wildman–Crippen LogP) is 4.33. The van der Waals surface area contributed by atoms with Crippen molar-refractivity contribution in [3.8, 4) is 5.75 Å². The summed E-state index contributed by atoms with van der Waals surface area (Å²) in [5, 5.41) is 9.34. The fraction of sp³-hybridized carbons (Fsp3) is 0.417. The number of carboxylic acids is 1. The highest BCUT2D eigenvalue weighted by Crippen LogP contribution is 2.24. The van der Waals surface area contributed by atoms with Gasteiger partial charge in [0.1, 0.15) is 5.75 Å². The number of likely N-dealkylation sites (tertiary alicyclic amines) is 1. The minimum atomic E-state index is -0.874. The van der Waals surface area contributed by atoms with Crippen molar-refractivity contribution in [1.29, 1.82) is 0 Å². The number of aromatic carboxylic acids is 1. The Morgan fingerprint density at radius 3 is 2.59 bits per heavy atom. The maximum atomic E-state index is 12.5. The number of aryl methyl sites for hydroxylation is 1. The molecule has 1 saturated heterocycles. The zero-order valence-corrected chi connectivity index (χ0v) is 17.0. The molecule has 1 N–H and O–H groups in total. The third kappa shape index (κ3) is 6.08. The van der Waals surface area contributed by atoms with Crippen LogP contribution in [0.25, 0.3) is 0 Å². The Kier molecular flexibility index (Phi) is 7.28. The van der Waals surface area contributed by atoms with Crippen molar-refractivity contribution in [2.24, 2.45) is 5.92 Å². The SMILES string of the molecule is Cc1cccc(OCCCC(=O)N2CCC(Cc3ccccc3C(=O)O)CC2)c1. The topological polar surface area (TPSA) is 66.8 Å². The van der Waals surface area contributed by atoms with Crippen molar-refractivity contribution in [1.82, 2.24) is 4.90 Å². The van der Waals surface area contributed by atoms with Crippen LogP contribution in [0.3, 0.4) is 0 Å². The Bertz CT molecular complexity index is 840. The van der Waals surface area contributed by atoms with E-state index in [9.17, 15) is 14.7 Å². The monoisotopic (exact) mass is 395 g/mol. The third-order valence-corrected chi connectivity index (χ3v) is 5.52. The molecule has 1 heterocycles. The van der Waals surface area contributed by atoms with E-state index >= 15 is 0 Å². The van der Waals surface area contributed by atoms with Crippen LogP contribution in [0.4, 0.5) is 0 Å². The summed E-state index contributed by atoms with van der Waals surface area (Å²) in [6.45, 7) is 4.06. The molecule has 0 aromatic heterocycles. The molecule has 5 heteroatoms. The van der Waals surface area contributed by atoms with E-state index in [2.05, 4.69) is 0 Å². The van der Waals surface area contributed by atoms with Crippen LogP contribution in [-0.4, -0.2) is 41.6 Å². The van der Waals surface area contributed by atoms with Crippen molar-refractivity contribution in [3.63, 3.8) is 0 Å². The molecule has 0 aliphatic carbocycles. The number of benzene rings is 2. The number of hydrogen-bond acceptors (Lipinski definition) is 3. The second-order valence-electron chi connectivity index (χ2n) is 7.76. The van der Waals surface area contributed by atoms with Crippen molar-refractivity contribution in [2.45, 2.75) is 39.0 Å². The summed E-state index contributed by atoms with van der Waals surface area (Å²) in [5.74, 6) is 0.576. The predicted molar refractivity (Wildman–Crippen MR) is 112 cm³/mol. The number of piperidine rings is 1. The van der Waals surface area contributed by atoms with Crippen molar-refractivity contribution in [3.05, 3.63) is 65.2 Å². The molecule has 1 amide bonds. The van der Waals surface area contributed by atoms with Gasteiger partial charge in [0, 0.05) is 19.5 Å². The van der Waals surface area contributed by atoms with E-state index in [1.165, 1.54) is 0 Å². The van der Waals surface area contributed by atoms with Gasteiger partial charge in [-0.15, -0.1) is 0 Å². The van der Waals surface area contributed by atoms with Gasteiger partial charge in [-0.1, -0.05) is 30.3 Å². The second kappa shape index (κ2) is 10.1. The van der Waals surface area contributed by atoms with Crippen LogP contribution in [0.15, 0.2) is 48.5 Å². The first kappa shape index (κ1) is 20.9. The van der Waals surface area contributed by atoms with Crippen LogP contribution in [0, 0.1) is 12.8 Å². The number of amides is 1. The molecule has 5 nitrogen and oxygen atoms in total. The van der Waals surface area contributed by atoms with Gasteiger partial charge in [0.2, 0.25) is 5.91 Å². The minimum absolute atomic E-state index is 0.183. The summed E-state index contributed by atoms with van der Waals surface area (Å²) in [6, 6.07) is 15.1. The zero-order chi connectivity index (χ0) is 20.6. The van der Waals surface area contributed by atoms with Gasteiger partial charge < -0.3 is 14.7 Å². The summed E-state index contributed by atoms with van der Waals surface area (Å²) < 4.78 is 5.72. The Morgan fingerprint density at radius 1 is 1.10 bits per heavy atom. The van der Waals surface area contributed by atoms with Crippen LogP contribution in [0.5, 0.6) is 5.75 Å². The van der Waals surface area contributed by atoms with E-state index in [1.807, 2.05) is 48.2 Å². The van der Waals surface area contributed by atoms with Gasteiger partial charge in [0.15, 0.2) is 0 Å². The van der Waals surface area contributed by atoms with E-state index in [-0.39, 0.29) is 5.91 Å². The van der Waals surface area contributed by atoms with E-state index in [0.29, 0.717) is 30.9 Å². The van der Waals surface area contributed by atoms with Crippen molar-refractivity contribution >= 4 is 11.9 Å². The lowest BCUT2D eigenvalue weighted by Crippen LogP contribution is -2.39. The second-order valence-corrected chi connectivity index (χ2v) is 7.76. The van der Waals surface area contributed by atoms with Gasteiger partial charge in [-0.2, -0.15) is 0 Å². The fourth-order valence-electron chi connectivity index (χ4n) is 3.88. The molecule has 2 aromatic rings. The molecule has 1 fully saturated rings. The van der Waals surface area contributed by atoms with Crippen LogP contribution >= 0.6 is 0 Å². The maximum absolute atomic E-state index is 12.5. The molecular formula is C24H29NO4. The van der Waals surface area contributed by atoms with Crippen LogP contribution < -0.4 is 4.74 Å². The fourth-order valence-corrected chi connectivity index (χ4v) is 3.88. The number of rotatable bonds is 8. The van der Waals surface area contributed by atoms with E-state index < -0.39 is 5.97 Å². The van der Waals surface area contributed by atoms with E-state index in [1.54, 1.807) is 12.1 Å². The lowest BCUT2D eigenvalue weighted by Gasteiger charge is -2.32. The quantitative estimate of drug-likeness (QED) is 0.676. The van der Waals surface area contributed by atoms with Gasteiger partial charge >= 0.3 is 5.97 Å². The van der Waals surface area contributed by atoms with Gasteiger partial charge in [-0.05, 0) is 67.9 Å². The van der Waals surface area contributed by atoms with Crippen LogP contribution in [0.2, 0.25) is 0 Å². The molecule has 0 unspecified atom stereocenters.